The predicted octanol–water partition coefficient (Wildman–Crippen LogP) is 6.00. The largest absolute Gasteiger partial charge is 0.464 e. The molecule has 0 radical (unpaired) electrons. The molecule has 1 spiro atoms. The van der Waals surface area contributed by atoms with Crippen molar-refractivity contribution in [3.63, 3.8) is 0 Å². The van der Waals surface area contributed by atoms with Gasteiger partial charge in [-0.15, -0.1) is 11.3 Å². The number of fused-ring (bicyclic) bond motifs is 6. The molecule has 2 N–H and O–H groups in total. The highest BCUT2D eigenvalue weighted by Crippen LogP contribution is 2.45. The van der Waals surface area contributed by atoms with Gasteiger partial charge in [-0.3, -0.25) is 43.8 Å². The third-order valence-electron chi connectivity index (χ3n) is 16.7. The molecule has 7 atom stereocenters. The Morgan fingerprint density at radius 2 is 1.82 bits per heavy atom. The summed E-state index contributed by atoms with van der Waals surface area (Å²) in [6.45, 7) is 7.91. The Morgan fingerprint density at radius 3 is 2.57 bits per heavy atom. The smallest absolute Gasteiger partial charge is 0.406 e. The summed E-state index contributed by atoms with van der Waals surface area (Å²) >= 11 is 1.34. The molecule has 1 aromatic carbocycles. The van der Waals surface area contributed by atoms with Gasteiger partial charge in [0.25, 0.3) is 5.91 Å². The number of likely N-dealkylation sites (N-methyl/N-ethyl adjacent to an activating group) is 1. The van der Waals surface area contributed by atoms with E-state index in [1.807, 2.05) is 35.1 Å². The molecule has 8 heterocycles. The lowest BCUT2D eigenvalue weighted by Gasteiger charge is -2.37. The van der Waals surface area contributed by atoms with E-state index < -0.39 is 54.2 Å². The first-order chi connectivity index (χ1) is 36.2. The quantitative estimate of drug-likeness (QED) is 0.133. The van der Waals surface area contributed by atoms with Crippen molar-refractivity contribution in [2.24, 2.45) is 16.7 Å². The summed E-state index contributed by atoms with van der Waals surface area (Å²) < 4.78 is 57.3. The van der Waals surface area contributed by atoms with Gasteiger partial charge in [-0.2, -0.15) is 13.2 Å². The van der Waals surface area contributed by atoms with Crippen molar-refractivity contribution in [2.45, 2.75) is 128 Å². The lowest BCUT2D eigenvalue weighted by Crippen LogP contribution is -2.62. The average Bonchev–Trinajstić information content (AvgIpc) is 4.01. The van der Waals surface area contributed by atoms with Crippen molar-refractivity contribution in [2.75, 3.05) is 73.6 Å². The molecule has 10 rings (SSSR count). The van der Waals surface area contributed by atoms with Crippen LogP contribution in [0.1, 0.15) is 94.5 Å². The minimum absolute atomic E-state index is 0.0354. The van der Waals surface area contributed by atoms with Gasteiger partial charge in [0.05, 0.1) is 47.4 Å². The molecule has 4 amide bonds. The van der Waals surface area contributed by atoms with Gasteiger partial charge in [-0.05, 0) is 94.2 Å². The maximum Gasteiger partial charge on any atom is 0.406 e. The summed E-state index contributed by atoms with van der Waals surface area (Å²) in [5, 5.41) is 7.69. The van der Waals surface area contributed by atoms with Crippen LogP contribution in [0.5, 0.6) is 0 Å². The molecule has 3 aromatic heterocycles. The number of halogens is 3. The molecule has 1 unspecified atom stereocenters. The number of pyridine rings is 1. The SMILES string of the molecule is CO[C@@H](C)c1ncccc1-c1c2c3cc(ccc3n1CC(F)(F)F)-c1csc(n1)C[C@H](NC(=O)[C@H](C1CCCC1)N1CC[C@]3(CCN(C(=O)[C@H]4CN4CC(=O)N(C)C)C3)C1)C(=O)N1CCC[C@H](N1)C(=O)OCC(C)(C)C2. The number of hydrogen-bond acceptors (Lipinski definition) is 13. The topological polar surface area (TPSA) is 175 Å². The first-order valence-corrected chi connectivity index (χ1v) is 27.7. The number of benzene rings is 1. The second kappa shape index (κ2) is 21.4. The zero-order chi connectivity index (χ0) is 53.8. The fourth-order valence-corrected chi connectivity index (χ4v) is 13.4. The van der Waals surface area contributed by atoms with Gasteiger partial charge in [0, 0.05) is 105 Å². The van der Waals surface area contributed by atoms with Gasteiger partial charge >= 0.3 is 12.1 Å². The number of nitrogens with one attached hydrogen (secondary N) is 2. The Bertz CT molecular complexity index is 2870. The molecule has 4 aromatic rings. The summed E-state index contributed by atoms with van der Waals surface area (Å²) in [5.74, 6) is -1.12. The highest BCUT2D eigenvalue weighted by molar-refractivity contribution is 7.10. The van der Waals surface area contributed by atoms with Gasteiger partial charge in [0.2, 0.25) is 17.7 Å². The lowest BCUT2D eigenvalue weighted by atomic mass is 9.84. The van der Waals surface area contributed by atoms with Crippen molar-refractivity contribution in [3.05, 3.63) is 58.2 Å². The maximum absolute atomic E-state index is 15.1. The maximum atomic E-state index is 15.1. The molecule has 5 fully saturated rings. The van der Waals surface area contributed by atoms with E-state index in [9.17, 15) is 32.3 Å². The number of hydrazine groups is 1. The Hall–Kier alpha value is -5.48. The molecule has 5 aliphatic heterocycles. The number of carbonyl (C=O) groups is 5. The van der Waals surface area contributed by atoms with Crippen LogP contribution < -0.4 is 10.7 Å². The molecule has 4 saturated heterocycles. The zero-order valence-corrected chi connectivity index (χ0v) is 45.2. The van der Waals surface area contributed by atoms with Crippen LogP contribution in [-0.2, 0) is 52.8 Å². The number of esters is 1. The first-order valence-electron chi connectivity index (χ1n) is 26.9. The van der Waals surface area contributed by atoms with Crippen molar-refractivity contribution >= 4 is 51.8 Å². The summed E-state index contributed by atoms with van der Waals surface area (Å²) in [4.78, 5) is 87.5. The van der Waals surface area contributed by atoms with Gasteiger partial charge in [0.15, 0.2) is 0 Å². The molecule has 17 nitrogen and oxygen atoms in total. The zero-order valence-electron chi connectivity index (χ0n) is 44.4. The number of nitrogens with zero attached hydrogens (tertiary/aromatic N) is 8. The van der Waals surface area contributed by atoms with E-state index in [-0.39, 0.29) is 61.1 Å². The van der Waals surface area contributed by atoms with Crippen LogP contribution in [0.4, 0.5) is 13.2 Å². The van der Waals surface area contributed by atoms with E-state index in [2.05, 4.69) is 20.6 Å². The number of carbonyl (C=O) groups excluding carboxylic acids is 5. The second-order valence-electron chi connectivity index (χ2n) is 23.2. The van der Waals surface area contributed by atoms with E-state index in [0.717, 1.165) is 38.5 Å². The number of ether oxygens (including phenoxy) is 2. The van der Waals surface area contributed by atoms with Gasteiger partial charge in [-0.1, -0.05) is 32.8 Å². The van der Waals surface area contributed by atoms with Crippen LogP contribution >= 0.6 is 11.3 Å². The van der Waals surface area contributed by atoms with E-state index in [4.69, 9.17) is 14.5 Å². The highest BCUT2D eigenvalue weighted by Gasteiger charge is 2.52. The van der Waals surface area contributed by atoms with Gasteiger partial charge in [-0.25, -0.2) is 10.4 Å². The average molecular weight is 1070 g/mol. The molecule has 1 aliphatic carbocycles. The highest BCUT2D eigenvalue weighted by atomic mass is 32.1. The summed E-state index contributed by atoms with van der Waals surface area (Å²) in [6, 6.07) is 6.07. The number of likely N-dealkylation sites (tertiary alicyclic amines) is 2. The molecule has 21 heteroatoms. The summed E-state index contributed by atoms with van der Waals surface area (Å²) in [5.41, 5.74) is 5.73. The number of thiazole rings is 1. The van der Waals surface area contributed by atoms with Crippen LogP contribution in [0.2, 0.25) is 0 Å². The molecular weight excluding hydrogens is 1000 g/mol. The molecular formula is C55H71F3N10O7S. The third-order valence-corrected chi connectivity index (χ3v) is 17.6. The van der Waals surface area contributed by atoms with Gasteiger partial charge in [0.1, 0.15) is 24.7 Å². The Balaban J connectivity index is 0.964. The van der Waals surface area contributed by atoms with E-state index in [1.165, 1.54) is 32.9 Å². The minimum Gasteiger partial charge on any atom is -0.464 e. The van der Waals surface area contributed by atoms with Crippen molar-refractivity contribution in [3.8, 4) is 22.5 Å². The normalized spacial score (nSPS) is 26.2. The fourth-order valence-electron chi connectivity index (χ4n) is 12.6. The predicted molar refractivity (Wildman–Crippen MR) is 279 cm³/mol. The van der Waals surface area contributed by atoms with Crippen LogP contribution in [0.15, 0.2) is 41.9 Å². The number of amides is 4. The Kier molecular flexibility index (Phi) is 15.2. The Labute approximate surface area is 445 Å². The third kappa shape index (κ3) is 11.3. The molecule has 76 heavy (non-hydrogen) atoms. The van der Waals surface area contributed by atoms with Crippen LogP contribution in [0.25, 0.3) is 33.4 Å². The first kappa shape index (κ1) is 53.9. The number of cyclic esters (lactones) is 1. The molecule has 1 saturated carbocycles. The monoisotopic (exact) mass is 1070 g/mol. The van der Waals surface area contributed by atoms with Crippen molar-refractivity contribution < 1.29 is 46.6 Å². The number of aromatic nitrogens is 3. The number of hydrogen-bond donors (Lipinski definition) is 2. The summed E-state index contributed by atoms with van der Waals surface area (Å²) in [7, 11) is 4.95. The van der Waals surface area contributed by atoms with E-state index >= 15 is 4.79 Å². The van der Waals surface area contributed by atoms with Crippen LogP contribution in [0, 0.1) is 16.7 Å². The second-order valence-corrected chi connectivity index (χ2v) is 24.1. The number of alkyl halides is 3. The fraction of sp³-hybridized carbons (Fsp3) is 0.618. The molecule has 6 aliphatic rings. The number of rotatable bonds is 11. The number of methoxy groups -OCH3 is 1. The van der Waals surface area contributed by atoms with Crippen LogP contribution in [-0.4, -0.2) is 173 Å². The molecule has 410 valence electrons. The van der Waals surface area contributed by atoms with Crippen molar-refractivity contribution in [1.82, 2.24) is 49.9 Å². The Morgan fingerprint density at radius 1 is 1.04 bits per heavy atom. The van der Waals surface area contributed by atoms with Crippen molar-refractivity contribution in [1.29, 1.82) is 0 Å². The molecule has 6 bridgehead atoms. The van der Waals surface area contributed by atoms with E-state index in [1.54, 1.807) is 51.5 Å². The summed E-state index contributed by atoms with van der Waals surface area (Å²) in [6.07, 6.45) is 3.03. The van der Waals surface area contributed by atoms with Gasteiger partial charge < -0.3 is 29.2 Å². The van der Waals surface area contributed by atoms with E-state index in [0.29, 0.717) is 102 Å². The standard InChI is InChI=1S/C55H71F3N10O7S/c1-33(74-6)46-36(13-9-19-59-46)48-38-25-53(2,3)32-75-52(73)39-14-10-20-68(62-39)50(71)40(24-44-60-41(28-76-44)35-15-16-42(37(38)23-35)67(48)31-55(56,57)58)61-49(70)47(34-11-7-8-12-34)64-21-17-54(29-64)18-22-65(30-54)51(72)43-26-66(43)27-45(69)63(4)5/h9,13,15-16,19,23,28,33-34,39-40,43,47,62H,7-8,10-12,14,17-18,20-22,24-27,29-32H2,1-6H3,(H,61,70)/t33-,39-,40-,43+,47-,54-,66?/m0/s1. The van der Waals surface area contributed by atoms with Crippen LogP contribution in [0.3, 0.4) is 0 Å². The lowest BCUT2D eigenvalue weighted by molar-refractivity contribution is -0.155. The minimum atomic E-state index is -4.58.